The van der Waals surface area contributed by atoms with Crippen LogP contribution in [0.4, 0.5) is 14.5 Å². The summed E-state index contributed by atoms with van der Waals surface area (Å²) in [7, 11) is 1.11. The minimum atomic E-state index is -3.26. The molecule has 12 heteroatoms. The number of ether oxygens (including phenoxy) is 3. The Morgan fingerprint density at radius 3 is 2.68 bits per heavy atom. The van der Waals surface area contributed by atoms with E-state index in [9.17, 15) is 28.5 Å². The zero-order chi connectivity index (χ0) is 22.7. The van der Waals surface area contributed by atoms with Gasteiger partial charge in [0.25, 0.3) is 11.2 Å². The van der Waals surface area contributed by atoms with Gasteiger partial charge in [-0.05, 0) is 18.6 Å². The molecule has 0 aliphatic rings. The molecule has 3 rings (SSSR count). The Kier molecular flexibility index (Phi) is 6.09. The van der Waals surface area contributed by atoms with Crippen LogP contribution in [-0.4, -0.2) is 34.0 Å². The lowest BCUT2D eigenvalue weighted by Crippen LogP contribution is -2.17. The van der Waals surface area contributed by atoms with Crippen molar-refractivity contribution in [2.75, 3.05) is 7.11 Å². The van der Waals surface area contributed by atoms with E-state index in [0.717, 1.165) is 19.2 Å². The van der Waals surface area contributed by atoms with E-state index in [0.29, 0.717) is 17.3 Å². The number of nitro benzene ring substituents is 1. The molecule has 0 atom stereocenters. The quantitative estimate of drug-likeness (QED) is 0.315. The molecule has 0 unspecified atom stereocenters. The van der Waals surface area contributed by atoms with Crippen LogP contribution in [0.25, 0.3) is 5.65 Å². The molecule has 0 amide bonds. The van der Waals surface area contributed by atoms with Crippen LogP contribution < -0.4 is 15.0 Å². The van der Waals surface area contributed by atoms with Crippen molar-refractivity contribution in [2.45, 2.75) is 20.1 Å². The second-order valence-corrected chi connectivity index (χ2v) is 6.20. The maximum Gasteiger partial charge on any atom is 0.387 e. The predicted octanol–water partition coefficient (Wildman–Crippen LogP) is 2.88. The Morgan fingerprint density at radius 1 is 1.29 bits per heavy atom. The van der Waals surface area contributed by atoms with Crippen molar-refractivity contribution in [2.24, 2.45) is 0 Å². The Morgan fingerprint density at radius 2 is 2.03 bits per heavy atom. The molecule has 0 aliphatic carbocycles. The van der Waals surface area contributed by atoms with Crippen molar-refractivity contribution in [1.82, 2.24) is 9.38 Å². The van der Waals surface area contributed by atoms with Gasteiger partial charge in [-0.25, -0.2) is 9.78 Å². The van der Waals surface area contributed by atoms with Gasteiger partial charge < -0.3 is 14.2 Å². The summed E-state index contributed by atoms with van der Waals surface area (Å²) >= 11 is 0. The molecule has 2 heterocycles. The highest BCUT2D eigenvalue weighted by atomic mass is 19.3. The van der Waals surface area contributed by atoms with Crippen LogP contribution in [0.1, 0.15) is 21.6 Å². The number of benzene rings is 1. The van der Waals surface area contributed by atoms with Crippen LogP contribution in [0.3, 0.4) is 0 Å². The smallest absolute Gasteiger partial charge is 0.387 e. The third kappa shape index (κ3) is 4.57. The van der Waals surface area contributed by atoms with Crippen LogP contribution in [0, 0.1) is 17.0 Å². The summed E-state index contributed by atoms with van der Waals surface area (Å²) in [6.45, 7) is -1.96. The minimum absolute atomic E-state index is 0.125. The van der Waals surface area contributed by atoms with Crippen LogP contribution in [0.15, 0.2) is 41.3 Å². The number of alkyl halides is 2. The first-order valence-corrected chi connectivity index (χ1v) is 8.67. The molecule has 0 radical (unpaired) electrons. The summed E-state index contributed by atoms with van der Waals surface area (Å²) in [5, 5.41) is 11.3. The highest BCUT2D eigenvalue weighted by molar-refractivity contribution is 5.95. The van der Waals surface area contributed by atoms with E-state index in [1.807, 2.05) is 0 Å². The van der Waals surface area contributed by atoms with Crippen LogP contribution in [0.5, 0.6) is 11.5 Å². The Hall–Kier alpha value is -4.09. The maximum atomic E-state index is 12.5. The second kappa shape index (κ2) is 8.73. The first-order chi connectivity index (χ1) is 14.7. The van der Waals surface area contributed by atoms with E-state index in [-0.39, 0.29) is 11.4 Å². The number of nitrogens with zero attached hydrogens (tertiary/aromatic N) is 3. The number of aromatic nitrogens is 2. The summed E-state index contributed by atoms with van der Waals surface area (Å²) in [6.07, 6.45) is 1.53. The molecule has 1 aromatic carbocycles. The van der Waals surface area contributed by atoms with Crippen molar-refractivity contribution in [3.05, 3.63) is 73.8 Å². The largest absolute Gasteiger partial charge is 0.493 e. The van der Waals surface area contributed by atoms with Gasteiger partial charge in [0.2, 0.25) is 0 Å². The van der Waals surface area contributed by atoms with E-state index in [1.54, 1.807) is 19.1 Å². The van der Waals surface area contributed by atoms with E-state index >= 15 is 0 Å². The fourth-order valence-corrected chi connectivity index (χ4v) is 2.81. The lowest BCUT2D eigenvalue weighted by Gasteiger charge is -2.12. The van der Waals surface area contributed by atoms with Crippen molar-refractivity contribution in [3.8, 4) is 11.5 Å². The van der Waals surface area contributed by atoms with Gasteiger partial charge in [-0.1, -0.05) is 6.07 Å². The van der Waals surface area contributed by atoms with Crippen molar-refractivity contribution >= 4 is 17.3 Å². The zero-order valence-electron chi connectivity index (χ0n) is 16.2. The molecule has 31 heavy (non-hydrogen) atoms. The van der Waals surface area contributed by atoms with E-state index in [4.69, 9.17) is 9.47 Å². The van der Waals surface area contributed by atoms with Gasteiger partial charge >= 0.3 is 12.6 Å². The fraction of sp³-hybridized carbons (Fsp3) is 0.211. The Labute approximate surface area is 172 Å². The number of carbonyl (C=O) groups excluding carboxylic acids is 1. The standard InChI is InChI=1S/C19H15F2N3O7/c1-10-4-3-5-23-16(25)6-11(22-17(10)23)9-30-18(26)12-7-14(29-2)15(31-19(20)21)8-13(12)24(27)28/h3-8,19H,9H2,1-2H3. The monoisotopic (exact) mass is 435 g/mol. The van der Waals surface area contributed by atoms with Crippen LogP contribution in [0.2, 0.25) is 0 Å². The first kappa shape index (κ1) is 21.6. The first-order valence-electron chi connectivity index (χ1n) is 8.67. The molecular formula is C19H15F2N3O7. The van der Waals surface area contributed by atoms with Crippen LogP contribution in [-0.2, 0) is 11.3 Å². The Balaban J connectivity index is 1.91. The number of rotatable bonds is 7. The number of methoxy groups -OCH3 is 1. The minimum Gasteiger partial charge on any atom is -0.493 e. The lowest BCUT2D eigenvalue weighted by molar-refractivity contribution is -0.385. The van der Waals surface area contributed by atoms with Crippen molar-refractivity contribution in [3.63, 3.8) is 0 Å². The Bertz CT molecular complexity index is 1230. The third-order valence-electron chi connectivity index (χ3n) is 4.21. The number of fused-ring (bicyclic) bond motifs is 1. The average Bonchev–Trinajstić information content (AvgIpc) is 2.72. The van der Waals surface area contributed by atoms with Crippen molar-refractivity contribution < 1.29 is 32.7 Å². The summed E-state index contributed by atoms with van der Waals surface area (Å²) in [5.41, 5.74) is -0.563. The number of nitro groups is 1. The van der Waals surface area contributed by atoms with Gasteiger partial charge in [-0.15, -0.1) is 0 Å². The third-order valence-corrected chi connectivity index (χ3v) is 4.21. The average molecular weight is 435 g/mol. The molecule has 0 fully saturated rings. The van der Waals surface area contributed by atoms with Gasteiger partial charge in [0, 0.05) is 18.3 Å². The molecule has 0 bridgehead atoms. The summed E-state index contributed by atoms with van der Waals surface area (Å²) in [6, 6.07) is 6.10. The zero-order valence-corrected chi connectivity index (χ0v) is 16.2. The number of halogens is 2. The van der Waals surface area contributed by atoms with Gasteiger partial charge in [-0.3, -0.25) is 19.3 Å². The van der Waals surface area contributed by atoms with Gasteiger partial charge in [0.15, 0.2) is 11.5 Å². The van der Waals surface area contributed by atoms with Gasteiger partial charge in [-0.2, -0.15) is 8.78 Å². The molecule has 0 spiro atoms. The molecule has 162 valence electrons. The van der Waals surface area contributed by atoms with Crippen molar-refractivity contribution in [1.29, 1.82) is 0 Å². The highest BCUT2D eigenvalue weighted by Crippen LogP contribution is 2.36. The summed E-state index contributed by atoms with van der Waals surface area (Å²) in [4.78, 5) is 39.3. The van der Waals surface area contributed by atoms with Gasteiger partial charge in [0.1, 0.15) is 17.8 Å². The SMILES string of the molecule is COc1cc(C(=O)OCc2cc(=O)n3cccc(C)c3n2)c([N+](=O)[O-])cc1OC(F)F. The summed E-state index contributed by atoms with van der Waals surface area (Å²) < 4.78 is 40.5. The normalized spacial score (nSPS) is 10.9. The molecular weight excluding hydrogens is 420 g/mol. The summed E-state index contributed by atoms with van der Waals surface area (Å²) in [5.74, 6) is -2.07. The lowest BCUT2D eigenvalue weighted by atomic mass is 10.1. The molecule has 0 saturated carbocycles. The molecule has 2 aromatic heterocycles. The molecule has 10 nitrogen and oxygen atoms in total. The number of aryl methyl sites for hydroxylation is 1. The maximum absolute atomic E-state index is 12.5. The number of hydrogen-bond donors (Lipinski definition) is 0. The van der Waals surface area contributed by atoms with E-state index in [2.05, 4.69) is 9.72 Å². The van der Waals surface area contributed by atoms with E-state index < -0.39 is 46.7 Å². The predicted molar refractivity (Wildman–Crippen MR) is 102 cm³/mol. The van der Waals surface area contributed by atoms with Crippen LogP contribution >= 0.6 is 0 Å². The number of pyridine rings is 1. The molecule has 0 N–H and O–H groups in total. The number of esters is 1. The number of carbonyl (C=O) groups is 1. The molecule has 3 aromatic rings. The van der Waals surface area contributed by atoms with E-state index in [1.165, 1.54) is 10.6 Å². The fourth-order valence-electron chi connectivity index (χ4n) is 2.81. The highest BCUT2D eigenvalue weighted by Gasteiger charge is 2.27. The second-order valence-electron chi connectivity index (χ2n) is 6.20. The number of hydrogen-bond acceptors (Lipinski definition) is 8. The molecule has 0 saturated heterocycles. The van der Waals surface area contributed by atoms with Gasteiger partial charge in [0.05, 0.1) is 23.8 Å². The topological polar surface area (TPSA) is 122 Å². The molecule has 0 aliphatic heterocycles.